The molecule has 1 aliphatic rings. The molecule has 0 bridgehead atoms. The number of benzene rings is 3. The van der Waals surface area contributed by atoms with Gasteiger partial charge in [0, 0.05) is 11.3 Å². The molecule has 8 heteroatoms. The second-order valence-corrected chi connectivity index (χ2v) is 8.48. The maximum atomic E-state index is 13.4. The van der Waals surface area contributed by atoms with Crippen molar-refractivity contribution in [2.45, 2.75) is 19.9 Å². The Bertz CT molecular complexity index is 1420. The van der Waals surface area contributed by atoms with Crippen LogP contribution in [0.4, 0.5) is 10.5 Å². The maximum Gasteiger partial charge on any atom is 0.326 e. The fourth-order valence-electron chi connectivity index (χ4n) is 4.28. The predicted molar refractivity (Wildman–Crippen MR) is 137 cm³/mol. The van der Waals surface area contributed by atoms with Gasteiger partial charge in [-0.3, -0.25) is 4.90 Å². The number of methoxy groups -OCH3 is 2. The van der Waals surface area contributed by atoms with Gasteiger partial charge in [-0.1, -0.05) is 47.1 Å². The van der Waals surface area contributed by atoms with Crippen molar-refractivity contribution in [1.82, 2.24) is 15.5 Å². The van der Waals surface area contributed by atoms with E-state index in [0.29, 0.717) is 34.6 Å². The first-order chi connectivity index (χ1) is 17.5. The van der Waals surface area contributed by atoms with Crippen LogP contribution in [0.25, 0.3) is 17.0 Å². The molecule has 1 aromatic heterocycles. The van der Waals surface area contributed by atoms with Crippen LogP contribution in [0.5, 0.6) is 11.5 Å². The van der Waals surface area contributed by atoms with E-state index in [1.54, 1.807) is 19.1 Å². The summed E-state index contributed by atoms with van der Waals surface area (Å²) in [7, 11) is 3.22. The quantitative estimate of drug-likeness (QED) is 0.376. The molecule has 2 amide bonds. The molecule has 0 aliphatic carbocycles. The third kappa shape index (κ3) is 4.29. The number of nitrogens with zero attached hydrogens (tertiary/aromatic N) is 3. The topological polar surface area (TPSA) is 89.7 Å². The number of amides is 2. The Morgan fingerprint density at radius 2 is 1.64 bits per heavy atom. The van der Waals surface area contributed by atoms with Crippen molar-refractivity contribution in [3.05, 3.63) is 95.5 Å². The summed E-state index contributed by atoms with van der Waals surface area (Å²) in [5, 5.41) is 7.36. The van der Waals surface area contributed by atoms with Crippen LogP contribution in [-0.4, -0.2) is 30.4 Å². The minimum atomic E-state index is -0.466. The van der Waals surface area contributed by atoms with Gasteiger partial charge in [-0.15, -0.1) is 0 Å². The van der Waals surface area contributed by atoms with E-state index >= 15 is 0 Å². The van der Waals surface area contributed by atoms with Gasteiger partial charge in [-0.05, 0) is 55.8 Å². The summed E-state index contributed by atoms with van der Waals surface area (Å²) in [6, 6.07) is 22.1. The summed E-state index contributed by atoms with van der Waals surface area (Å²) in [5.41, 5.74) is 4.91. The molecule has 36 heavy (non-hydrogen) atoms. The first-order valence-corrected chi connectivity index (χ1v) is 11.5. The Hall–Kier alpha value is -4.59. The second-order valence-electron chi connectivity index (χ2n) is 8.48. The van der Waals surface area contributed by atoms with Crippen molar-refractivity contribution in [3.8, 4) is 22.9 Å². The molecule has 0 radical (unpaired) electrons. The summed E-state index contributed by atoms with van der Waals surface area (Å²) < 4.78 is 16.4. The Kier molecular flexibility index (Phi) is 6.16. The van der Waals surface area contributed by atoms with Gasteiger partial charge in [0.2, 0.25) is 5.82 Å². The average molecular weight is 483 g/mol. The molecule has 5 rings (SSSR count). The third-order valence-electron chi connectivity index (χ3n) is 6.21. The van der Waals surface area contributed by atoms with Gasteiger partial charge in [0.05, 0.1) is 31.5 Å². The number of allylic oxidation sites excluding steroid dienone is 1. The smallest absolute Gasteiger partial charge is 0.326 e. The van der Waals surface area contributed by atoms with Gasteiger partial charge in [0.25, 0.3) is 5.89 Å². The van der Waals surface area contributed by atoms with E-state index in [9.17, 15) is 4.79 Å². The van der Waals surface area contributed by atoms with Gasteiger partial charge >= 0.3 is 6.03 Å². The van der Waals surface area contributed by atoms with Crippen molar-refractivity contribution in [3.63, 3.8) is 0 Å². The van der Waals surface area contributed by atoms with Crippen molar-refractivity contribution in [2.24, 2.45) is 0 Å². The number of urea groups is 1. The Labute approximate surface area is 209 Å². The zero-order valence-corrected chi connectivity index (χ0v) is 20.5. The van der Waals surface area contributed by atoms with Crippen LogP contribution in [0.1, 0.15) is 30.0 Å². The molecular weight excluding hydrogens is 456 g/mol. The van der Waals surface area contributed by atoms with Crippen molar-refractivity contribution in [2.75, 3.05) is 19.1 Å². The van der Waals surface area contributed by atoms with Crippen molar-refractivity contribution >= 4 is 17.3 Å². The molecule has 0 fully saturated rings. The maximum absolute atomic E-state index is 13.4. The minimum absolute atomic E-state index is 0.250. The van der Waals surface area contributed by atoms with Crippen molar-refractivity contribution < 1.29 is 18.8 Å². The highest BCUT2D eigenvalue weighted by molar-refractivity contribution is 6.01. The number of carbonyl (C=O) groups excluding carboxylic acids is 1. The van der Waals surface area contributed by atoms with E-state index in [4.69, 9.17) is 19.0 Å². The molecule has 8 nitrogen and oxygen atoms in total. The predicted octanol–water partition coefficient (Wildman–Crippen LogP) is 5.76. The van der Waals surface area contributed by atoms with Gasteiger partial charge < -0.3 is 19.3 Å². The standard InChI is InChI=1S/C28H26N4O4/c1-17-8-10-19(11-9-17)25-24(27-30-26(31-36-27)20-6-5-7-23(16-20)35-4)18(2)32(28(33)29-25)21-12-14-22(34-3)15-13-21/h5-16,25H,1-4H3,(H,29,33). The number of hydrogen-bond acceptors (Lipinski definition) is 6. The molecule has 1 unspecified atom stereocenters. The average Bonchev–Trinajstić information content (AvgIpc) is 3.39. The molecule has 0 spiro atoms. The Morgan fingerprint density at radius 3 is 2.33 bits per heavy atom. The Morgan fingerprint density at radius 1 is 0.917 bits per heavy atom. The fraction of sp³-hybridized carbons (Fsp3) is 0.179. The van der Waals surface area contributed by atoms with Crippen LogP contribution in [0, 0.1) is 6.92 Å². The molecule has 2 heterocycles. The monoisotopic (exact) mass is 482 g/mol. The molecule has 1 atom stereocenters. The molecule has 4 aromatic rings. The largest absolute Gasteiger partial charge is 0.497 e. The summed E-state index contributed by atoms with van der Waals surface area (Å²) in [5.74, 6) is 2.16. The normalized spacial score (nSPS) is 15.6. The number of anilines is 1. The molecule has 1 N–H and O–H groups in total. The highest BCUT2D eigenvalue weighted by atomic mass is 16.5. The zero-order valence-electron chi connectivity index (χ0n) is 20.5. The fourth-order valence-corrected chi connectivity index (χ4v) is 4.28. The van der Waals surface area contributed by atoms with Crippen molar-refractivity contribution in [1.29, 1.82) is 0 Å². The van der Waals surface area contributed by atoms with E-state index in [-0.39, 0.29) is 6.03 Å². The summed E-state index contributed by atoms with van der Waals surface area (Å²) in [6.45, 7) is 3.91. The highest BCUT2D eigenvalue weighted by Gasteiger charge is 2.36. The third-order valence-corrected chi connectivity index (χ3v) is 6.21. The number of carbonyl (C=O) groups is 1. The van der Waals surface area contributed by atoms with Gasteiger partial charge in [-0.2, -0.15) is 4.98 Å². The molecule has 1 aliphatic heterocycles. The van der Waals surface area contributed by atoms with Crippen LogP contribution in [-0.2, 0) is 0 Å². The first kappa shape index (κ1) is 23.2. The van der Waals surface area contributed by atoms with Gasteiger partial charge in [0.1, 0.15) is 11.5 Å². The molecule has 0 saturated heterocycles. The number of aryl methyl sites for hydroxylation is 1. The number of ether oxygens (including phenoxy) is 2. The summed E-state index contributed by atoms with van der Waals surface area (Å²) in [6.07, 6.45) is 0. The van der Waals surface area contributed by atoms with Gasteiger partial charge in [-0.25, -0.2) is 4.79 Å². The number of rotatable bonds is 6. The second kappa shape index (κ2) is 9.58. The van der Waals surface area contributed by atoms with E-state index in [1.807, 2.05) is 86.6 Å². The highest BCUT2D eigenvalue weighted by Crippen LogP contribution is 2.39. The Balaban J connectivity index is 1.63. The van der Waals surface area contributed by atoms with Crippen LogP contribution < -0.4 is 19.7 Å². The van der Waals surface area contributed by atoms with E-state index in [1.165, 1.54) is 0 Å². The molecule has 3 aromatic carbocycles. The molecule has 182 valence electrons. The lowest BCUT2D eigenvalue weighted by Crippen LogP contribution is -2.46. The van der Waals surface area contributed by atoms with Crippen LogP contribution in [0.2, 0.25) is 0 Å². The van der Waals surface area contributed by atoms with Crippen LogP contribution >= 0.6 is 0 Å². The lowest BCUT2D eigenvalue weighted by Gasteiger charge is -2.35. The number of nitrogens with one attached hydrogen (secondary N) is 1. The number of aromatic nitrogens is 2. The summed E-state index contributed by atoms with van der Waals surface area (Å²) >= 11 is 0. The first-order valence-electron chi connectivity index (χ1n) is 11.5. The summed E-state index contributed by atoms with van der Waals surface area (Å²) in [4.78, 5) is 19.7. The van der Waals surface area contributed by atoms with E-state index in [0.717, 1.165) is 22.3 Å². The minimum Gasteiger partial charge on any atom is -0.497 e. The lowest BCUT2D eigenvalue weighted by atomic mass is 9.94. The lowest BCUT2D eigenvalue weighted by molar-refractivity contribution is 0.244. The van der Waals surface area contributed by atoms with Crippen LogP contribution in [0.3, 0.4) is 0 Å². The van der Waals surface area contributed by atoms with Crippen LogP contribution in [0.15, 0.2) is 83.0 Å². The SMILES string of the molecule is COc1ccc(N2C(=O)NC(c3ccc(C)cc3)C(c3nc(-c4cccc(OC)c4)no3)=C2C)cc1. The number of hydrogen-bond donors (Lipinski definition) is 1. The van der Waals surface area contributed by atoms with E-state index < -0.39 is 6.04 Å². The molecule has 0 saturated carbocycles. The molecular formula is C28H26N4O4. The van der Waals surface area contributed by atoms with Gasteiger partial charge in [0.15, 0.2) is 0 Å². The zero-order chi connectivity index (χ0) is 25.2. The van der Waals surface area contributed by atoms with E-state index in [2.05, 4.69) is 10.5 Å².